The van der Waals surface area contributed by atoms with Gasteiger partial charge in [0.1, 0.15) is 0 Å². The zero-order valence-corrected chi connectivity index (χ0v) is 6.35. The van der Waals surface area contributed by atoms with Crippen LogP contribution in [0.3, 0.4) is 0 Å². The van der Waals surface area contributed by atoms with Crippen LogP contribution >= 0.6 is 0 Å². The van der Waals surface area contributed by atoms with E-state index in [0.29, 0.717) is 0 Å². The van der Waals surface area contributed by atoms with E-state index in [1.165, 1.54) is 6.92 Å². The maximum absolute atomic E-state index is 9.60. The molecule has 0 saturated heterocycles. The van der Waals surface area contributed by atoms with E-state index in [9.17, 15) is 4.79 Å². The van der Waals surface area contributed by atoms with E-state index in [4.69, 9.17) is 10.9 Å². The summed E-state index contributed by atoms with van der Waals surface area (Å²) >= 11 is 0. The van der Waals surface area contributed by atoms with Crippen LogP contribution in [0.2, 0.25) is 0 Å². The number of rotatable bonds is 2. The highest BCUT2D eigenvalue weighted by Crippen LogP contribution is 1.81. The van der Waals surface area contributed by atoms with Crippen LogP contribution in [-0.2, 0) is 4.79 Å². The molecule has 0 heterocycles. The van der Waals surface area contributed by atoms with E-state index >= 15 is 0 Å². The number of hydrogen-bond acceptors (Lipinski definition) is 3. The molecule has 4 nitrogen and oxygen atoms in total. The second-order valence-corrected chi connectivity index (χ2v) is 1.64. The highest BCUT2D eigenvalue weighted by atomic mass is 16.4. The molecule has 0 aromatic heterocycles. The lowest BCUT2D eigenvalue weighted by Crippen LogP contribution is -2.20. The van der Waals surface area contributed by atoms with Crippen LogP contribution < -0.4 is 11.3 Å². The minimum atomic E-state index is -0.935. The molecule has 0 aliphatic carbocycles. The van der Waals surface area contributed by atoms with Crippen LogP contribution in [-0.4, -0.2) is 17.6 Å². The van der Waals surface area contributed by atoms with Gasteiger partial charge in [-0.3, -0.25) is 11.3 Å². The van der Waals surface area contributed by atoms with Crippen molar-refractivity contribution in [1.82, 2.24) is 5.43 Å². The third-order valence-corrected chi connectivity index (χ3v) is 0.569. The fourth-order valence-electron chi connectivity index (χ4n) is 0. The number of carbonyl (C=O) groups is 1. The second-order valence-electron chi connectivity index (χ2n) is 1.64. The fourth-order valence-corrected chi connectivity index (χ4v) is 0. The summed E-state index contributed by atoms with van der Waals surface area (Å²) in [6.45, 7) is 7.39. The number of carboxylic acid groups (broad SMARTS) is 1. The van der Waals surface area contributed by atoms with Crippen molar-refractivity contribution >= 4 is 5.97 Å². The highest BCUT2D eigenvalue weighted by Gasteiger charge is 1.90. The quantitative estimate of drug-likeness (QED) is 0.294. The predicted molar refractivity (Wildman–Crippen MR) is 40.3 cm³/mol. The number of hydrogen-bond donors (Lipinski definition) is 3. The normalized spacial score (nSPS) is 7.50. The van der Waals surface area contributed by atoms with Gasteiger partial charge in [-0.25, -0.2) is 4.79 Å². The topological polar surface area (TPSA) is 75.3 Å². The molecule has 0 bridgehead atoms. The monoisotopic (exact) mass is 146 g/mol. The molecule has 0 aromatic carbocycles. The van der Waals surface area contributed by atoms with E-state index < -0.39 is 5.97 Å². The summed E-state index contributed by atoms with van der Waals surface area (Å²) in [6, 6.07) is 0. The van der Waals surface area contributed by atoms with Crippen molar-refractivity contribution in [1.29, 1.82) is 0 Å². The van der Waals surface area contributed by atoms with Gasteiger partial charge in [0, 0.05) is 12.1 Å². The predicted octanol–water partition coefficient (Wildman–Crippen LogP) is 0.117. The number of nitrogens with two attached hydrogens (primary N) is 1. The molecule has 0 fully saturated rings. The van der Waals surface area contributed by atoms with Crippen LogP contribution in [0.4, 0.5) is 0 Å². The Morgan fingerprint density at radius 1 is 1.80 bits per heavy atom. The van der Waals surface area contributed by atoms with Crippen LogP contribution in [0.5, 0.6) is 0 Å². The molecule has 0 amide bonds. The first-order chi connectivity index (χ1) is 4.56. The average Bonchev–Trinajstić information content (AvgIpc) is 1.89. The van der Waals surface area contributed by atoms with Crippen LogP contribution in [0, 0.1) is 0 Å². The minimum Gasteiger partial charge on any atom is -0.478 e. The second kappa shape index (κ2) is 8.13. The van der Waals surface area contributed by atoms with Crippen molar-refractivity contribution in [2.45, 2.75) is 13.8 Å². The summed E-state index contributed by atoms with van der Waals surface area (Å²) in [5.41, 5.74) is 2.61. The first-order valence-corrected chi connectivity index (χ1v) is 2.88. The maximum atomic E-state index is 9.60. The molecular weight excluding hydrogens is 132 g/mol. The van der Waals surface area contributed by atoms with Gasteiger partial charge >= 0.3 is 5.97 Å². The lowest BCUT2D eigenvalue weighted by molar-refractivity contribution is -0.132. The lowest BCUT2D eigenvalue weighted by atomic mass is 10.4. The Morgan fingerprint density at radius 2 is 2.00 bits per heavy atom. The summed E-state index contributed by atoms with van der Waals surface area (Å²) in [7, 11) is 0. The third kappa shape index (κ3) is 15.7. The molecule has 0 radical (unpaired) electrons. The van der Waals surface area contributed by atoms with Crippen LogP contribution in [0.25, 0.3) is 0 Å². The SMILES string of the molecule is C=C(C)C(=O)O.CCNN. The molecule has 0 atom stereocenters. The van der Waals surface area contributed by atoms with Crippen molar-refractivity contribution < 1.29 is 9.90 Å². The standard InChI is InChI=1S/C4H6O2.C2H8N2/c1-3(2)4(5)6;1-2-4-3/h1H2,2H3,(H,5,6);4H,2-3H2,1H3. The summed E-state index contributed by atoms with van der Waals surface area (Å²) in [5.74, 6) is 3.84. The van der Waals surface area contributed by atoms with Crippen molar-refractivity contribution in [2.75, 3.05) is 6.54 Å². The van der Waals surface area contributed by atoms with Crippen molar-refractivity contribution in [3.8, 4) is 0 Å². The Morgan fingerprint density at radius 3 is 2.00 bits per heavy atom. The first kappa shape index (κ1) is 11.9. The van der Waals surface area contributed by atoms with E-state index in [0.717, 1.165) is 6.54 Å². The van der Waals surface area contributed by atoms with Gasteiger partial charge in [-0.15, -0.1) is 0 Å². The van der Waals surface area contributed by atoms with Gasteiger partial charge in [0.05, 0.1) is 0 Å². The molecule has 0 aliphatic heterocycles. The average molecular weight is 146 g/mol. The third-order valence-electron chi connectivity index (χ3n) is 0.569. The van der Waals surface area contributed by atoms with Crippen molar-refractivity contribution in [2.24, 2.45) is 5.84 Å². The van der Waals surface area contributed by atoms with E-state index in [-0.39, 0.29) is 5.57 Å². The summed E-state index contributed by atoms with van der Waals surface area (Å²) in [5, 5.41) is 7.89. The molecular formula is C6H14N2O2. The van der Waals surface area contributed by atoms with Gasteiger partial charge in [0.15, 0.2) is 0 Å². The number of nitrogens with one attached hydrogen (secondary N) is 1. The van der Waals surface area contributed by atoms with Crippen molar-refractivity contribution in [3.05, 3.63) is 12.2 Å². The first-order valence-electron chi connectivity index (χ1n) is 2.88. The Kier molecular flexibility index (Phi) is 9.65. The smallest absolute Gasteiger partial charge is 0.330 e. The number of aliphatic carboxylic acids is 1. The van der Waals surface area contributed by atoms with Gasteiger partial charge in [-0.05, 0) is 6.92 Å². The Bertz CT molecular complexity index is 98.3. The van der Waals surface area contributed by atoms with Crippen LogP contribution in [0.1, 0.15) is 13.8 Å². The molecule has 0 aromatic rings. The molecule has 0 saturated carbocycles. The van der Waals surface area contributed by atoms with Crippen molar-refractivity contribution in [3.63, 3.8) is 0 Å². The zero-order valence-electron chi connectivity index (χ0n) is 6.35. The number of carboxylic acids is 1. The number of hydrazine groups is 1. The van der Waals surface area contributed by atoms with Gasteiger partial charge in [-0.1, -0.05) is 13.5 Å². The fraction of sp³-hybridized carbons (Fsp3) is 0.500. The summed E-state index contributed by atoms with van der Waals surface area (Å²) in [6.07, 6.45) is 0. The molecule has 4 N–H and O–H groups in total. The summed E-state index contributed by atoms with van der Waals surface area (Å²) in [4.78, 5) is 9.60. The maximum Gasteiger partial charge on any atom is 0.330 e. The van der Waals surface area contributed by atoms with Gasteiger partial charge < -0.3 is 5.11 Å². The molecule has 0 unspecified atom stereocenters. The largest absolute Gasteiger partial charge is 0.478 e. The lowest BCUT2D eigenvalue weighted by Gasteiger charge is -1.79. The Hall–Kier alpha value is -0.870. The van der Waals surface area contributed by atoms with E-state index in [1.807, 2.05) is 6.92 Å². The van der Waals surface area contributed by atoms with Crippen LogP contribution in [0.15, 0.2) is 12.2 Å². The van der Waals surface area contributed by atoms with Gasteiger partial charge in [0.25, 0.3) is 0 Å². The minimum absolute atomic E-state index is 0.176. The Balaban J connectivity index is 0. The molecule has 0 aliphatic rings. The van der Waals surface area contributed by atoms with Gasteiger partial charge in [0.2, 0.25) is 0 Å². The molecule has 0 spiro atoms. The van der Waals surface area contributed by atoms with E-state index in [2.05, 4.69) is 12.0 Å². The Labute approximate surface area is 60.7 Å². The highest BCUT2D eigenvalue weighted by molar-refractivity contribution is 5.84. The molecule has 4 heteroatoms. The zero-order chi connectivity index (χ0) is 8.57. The van der Waals surface area contributed by atoms with E-state index in [1.54, 1.807) is 0 Å². The summed E-state index contributed by atoms with van der Waals surface area (Å²) < 4.78 is 0. The van der Waals surface area contributed by atoms with Gasteiger partial charge in [-0.2, -0.15) is 0 Å². The molecule has 60 valence electrons. The molecule has 0 rings (SSSR count). The molecule has 10 heavy (non-hydrogen) atoms.